The molecule has 1 aromatic carbocycles. The smallest absolute Gasteiger partial charge is 0.307 e. The van der Waals surface area contributed by atoms with Gasteiger partial charge in [0.1, 0.15) is 0 Å². The molecule has 0 bridgehead atoms. The van der Waals surface area contributed by atoms with Crippen LogP contribution < -0.4 is 10.9 Å². The van der Waals surface area contributed by atoms with Gasteiger partial charge in [0.05, 0.1) is 21.8 Å². The van der Waals surface area contributed by atoms with Gasteiger partial charge in [-0.15, -0.1) is 0 Å². The highest BCUT2D eigenvalue weighted by Crippen LogP contribution is 2.33. The standard InChI is InChI=1S/C22H26F3N5OS/c1-12(26-13-10-20(2,3)29-21(4,5)11-13)16-17(22(23,24)25)28-30(18(16)31)19-27-14-8-6-7-9-15(14)32-19/h6-9,13,28-29H,10-11H2,1-5H3. The molecule has 0 saturated carbocycles. The van der Waals surface area contributed by atoms with E-state index in [1.165, 1.54) is 6.92 Å². The van der Waals surface area contributed by atoms with Crippen molar-refractivity contribution in [1.82, 2.24) is 20.1 Å². The number of H-pyrrole nitrogens is 1. The normalized spacial score (nSPS) is 19.6. The summed E-state index contributed by atoms with van der Waals surface area (Å²) in [5.74, 6) is 0. The molecule has 4 rings (SSSR count). The summed E-state index contributed by atoms with van der Waals surface area (Å²) in [7, 11) is 0. The van der Waals surface area contributed by atoms with Crippen LogP contribution in [-0.4, -0.2) is 37.6 Å². The number of nitrogens with zero attached hydrogens (tertiary/aromatic N) is 3. The zero-order valence-electron chi connectivity index (χ0n) is 18.6. The quantitative estimate of drug-likeness (QED) is 0.540. The van der Waals surface area contributed by atoms with E-state index >= 15 is 0 Å². The molecule has 6 nitrogen and oxygen atoms in total. The van der Waals surface area contributed by atoms with Gasteiger partial charge in [-0.2, -0.15) is 17.9 Å². The molecule has 1 aliphatic heterocycles. The van der Waals surface area contributed by atoms with Gasteiger partial charge in [0.25, 0.3) is 5.56 Å². The lowest BCUT2D eigenvalue weighted by atomic mass is 9.80. The number of hydrogen-bond donors (Lipinski definition) is 2. The lowest BCUT2D eigenvalue weighted by Gasteiger charge is -2.45. The van der Waals surface area contributed by atoms with E-state index in [2.05, 4.69) is 20.4 Å². The van der Waals surface area contributed by atoms with E-state index in [0.29, 0.717) is 18.4 Å². The molecule has 0 spiro atoms. The van der Waals surface area contributed by atoms with Gasteiger partial charge in [-0.3, -0.25) is 14.9 Å². The van der Waals surface area contributed by atoms with Crippen molar-refractivity contribution in [2.45, 2.75) is 70.8 Å². The molecule has 3 heterocycles. The summed E-state index contributed by atoms with van der Waals surface area (Å²) >= 11 is 1.15. The third-order valence-corrected chi connectivity index (χ3v) is 6.58. The highest BCUT2D eigenvalue weighted by atomic mass is 32.1. The molecule has 1 saturated heterocycles. The fraction of sp³-hybridized carbons (Fsp3) is 0.500. The van der Waals surface area contributed by atoms with Crippen molar-refractivity contribution in [3.8, 4) is 5.13 Å². The first-order chi connectivity index (χ1) is 14.8. The number of aromatic nitrogens is 3. The van der Waals surface area contributed by atoms with Crippen LogP contribution in [0.5, 0.6) is 0 Å². The molecule has 0 radical (unpaired) electrons. The van der Waals surface area contributed by atoms with Gasteiger partial charge in [0.15, 0.2) is 5.69 Å². The number of thiazole rings is 1. The number of nitrogens with one attached hydrogen (secondary N) is 2. The third-order valence-electron chi connectivity index (χ3n) is 5.55. The molecule has 0 atom stereocenters. The van der Waals surface area contributed by atoms with E-state index in [1.54, 1.807) is 12.1 Å². The minimum Gasteiger partial charge on any atom is -0.307 e. The van der Waals surface area contributed by atoms with Gasteiger partial charge in [0.2, 0.25) is 5.13 Å². The molecule has 2 aromatic heterocycles. The van der Waals surface area contributed by atoms with E-state index in [4.69, 9.17) is 0 Å². The Morgan fingerprint density at radius 3 is 2.41 bits per heavy atom. The van der Waals surface area contributed by atoms with Crippen LogP contribution in [0.1, 0.15) is 58.7 Å². The second-order valence-corrected chi connectivity index (χ2v) is 10.6. The van der Waals surface area contributed by atoms with Gasteiger partial charge in [-0.1, -0.05) is 23.5 Å². The van der Waals surface area contributed by atoms with Gasteiger partial charge >= 0.3 is 6.18 Å². The zero-order chi connectivity index (χ0) is 23.5. The first-order valence-electron chi connectivity index (χ1n) is 10.4. The third kappa shape index (κ3) is 4.38. The number of aromatic amines is 1. The molecule has 1 aliphatic rings. The van der Waals surface area contributed by atoms with Gasteiger partial charge in [0, 0.05) is 16.8 Å². The van der Waals surface area contributed by atoms with E-state index in [9.17, 15) is 18.0 Å². The fourth-order valence-electron chi connectivity index (χ4n) is 4.77. The maximum absolute atomic E-state index is 13.9. The van der Waals surface area contributed by atoms with Crippen LogP contribution in [0.4, 0.5) is 13.2 Å². The maximum atomic E-state index is 13.9. The predicted molar refractivity (Wildman–Crippen MR) is 121 cm³/mol. The Kier molecular flexibility index (Phi) is 5.36. The Hall–Kier alpha value is -2.46. The predicted octanol–water partition coefficient (Wildman–Crippen LogP) is 4.91. The fourth-order valence-corrected chi connectivity index (χ4v) is 5.69. The SMILES string of the molecule is CC(=NC1CC(C)(C)NC(C)(C)C1)c1c(C(F)(F)F)[nH]n(-c2nc3ccccc3s2)c1=O. The van der Waals surface area contributed by atoms with Crippen molar-refractivity contribution in [1.29, 1.82) is 0 Å². The van der Waals surface area contributed by atoms with Crippen LogP contribution >= 0.6 is 11.3 Å². The number of rotatable bonds is 3. The lowest BCUT2D eigenvalue weighted by Crippen LogP contribution is -2.58. The van der Waals surface area contributed by atoms with E-state index in [-0.39, 0.29) is 28.0 Å². The lowest BCUT2D eigenvalue weighted by molar-refractivity contribution is -0.141. The topological polar surface area (TPSA) is 75.1 Å². The second-order valence-electron chi connectivity index (χ2n) is 9.63. The number of halogens is 3. The van der Waals surface area contributed by atoms with Crippen molar-refractivity contribution >= 4 is 27.3 Å². The first-order valence-corrected chi connectivity index (χ1v) is 11.2. The Morgan fingerprint density at radius 1 is 1.19 bits per heavy atom. The van der Waals surface area contributed by atoms with Gasteiger partial charge in [-0.05, 0) is 59.6 Å². The second kappa shape index (κ2) is 7.55. The molecule has 3 aromatic rings. The van der Waals surface area contributed by atoms with Crippen molar-refractivity contribution in [2.75, 3.05) is 0 Å². The van der Waals surface area contributed by atoms with Crippen LogP contribution in [0.15, 0.2) is 34.1 Å². The molecule has 32 heavy (non-hydrogen) atoms. The number of fused-ring (bicyclic) bond motifs is 1. The van der Waals surface area contributed by atoms with Gasteiger partial charge < -0.3 is 5.32 Å². The largest absolute Gasteiger partial charge is 0.433 e. The summed E-state index contributed by atoms with van der Waals surface area (Å²) in [6.07, 6.45) is -3.42. The van der Waals surface area contributed by atoms with Crippen LogP contribution in [-0.2, 0) is 6.18 Å². The summed E-state index contributed by atoms with van der Waals surface area (Å²) in [4.78, 5) is 22.1. The van der Waals surface area contributed by atoms with Crippen LogP contribution in [0.25, 0.3) is 15.3 Å². The molecule has 0 aliphatic carbocycles. The van der Waals surface area contributed by atoms with E-state index in [1.807, 2.05) is 39.8 Å². The Labute approximate surface area is 187 Å². The van der Waals surface area contributed by atoms with Crippen molar-refractivity contribution < 1.29 is 13.2 Å². The average molecular weight is 466 g/mol. The van der Waals surface area contributed by atoms with Crippen LogP contribution in [0.2, 0.25) is 0 Å². The summed E-state index contributed by atoms with van der Waals surface area (Å²) in [6.45, 7) is 9.66. The Bertz CT molecular complexity index is 1200. The first kappa shape index (κ1) is 22.7. The highest BCUT2D eigenvalue weighted by Gasteiger charge is 2.41. The maximum Gasteiger partial charge on any atom is 0.433 e. The molecule has 172 valence electrons. The number of piperidine rings is 1. The zero-order valence-corrected chi connectivity index (χ0v) is 19.4. The summed E-state index contributed by atoms with van der Waals surface area (Å²) < 4.78 is 43.3. The molecule has 0 unspecified atom stereocenters. The molecule has 2 N–H and O–H groups in total. The minimum atomic E-state index is -4.74. The minimum absolute atomic E-state index is 0.0805. The van der Waals surface area contributed by atoms with Crippen molar-refractivity contribution in [2.24, 2.45) is 4.99 Å². The van der Waals surface area contributed by atoms with Crippen LogP contribution in [0, 0.1) is 0 Å². The highest BCUT2D eigenvalue weighted by molar-refractivity contribution is 7.20. The molecule has 1 fully saturated rings. The van der Waals surface area contributed by atoms with E-state index in [0.717, 1.165) is 20.7 Å². The number of aliphatic imine (C=N–C) groups is 1. The monoisotopic (exact) mass is 465 g/mol. The summed E-state index contributed by atoms with van der Waals surface area (Å²) in [6, 6.07) is 6.96. The Balaban J connectivity index is 1.81. The molecule has 0 amide bonds. The number of hydrogen-bond acceptors (Lipinski definition) is 5. The van der Waals surface area contributed by atoms with Crippen LogP contribution in [0.3, 0.4) is 0 Å². The Morgan fingerprint density at radius 2 is 1.81 bits per heavy atom. The molecule has 10 heteroatoms. The van der Waals surface area contributed by atoms with Crippen molar-refractivity contribution in [3.05, 3.63) is 45.9 Å². The summed E-state index contributed by atoms with van der Waals surface area (Å²) in [5.41, 5.74) is -2.10. The molecular formula is C22H26F3N5OS. The van der Waals surface area contributed by atoms with E-state index < -0.39 is 23.0 Å². The van der Waals surface area contributed by atoms with Crippen molar-refractivity contribution in [3.63, 3.8) is 0 Å². The number of para-hydroxylation sites is 1. The molecular weight excluding hydrogens is 439 g/mol. The average Bonchev–Trinajstić information content (AvgIpc) is 3.19. The number of alkyl halides is 3. The number of benzene rings is 1. The summed E-state index contributed by atoms with van der Waals surface area (Å²) in [5, 5.41) is 5.94. The van der Waals surface area contributed by atoms with Gasteiger partial charge in [-0.25, -0.2) is 4.98 Å².